The topological polar surface area (TPSA) is 572 Å². The first-order valence-electron chi connectivity index (χ1n) is 39.1. The summed E-state index contributed by atoms with van der Waals surface area (Å²) in [5.74, 6) is 3.19. The molecule has 0 aliphatic carbocycles. The van der Waals surface area contributed by atoms with Crippen molar-refractivity contribution in [1.29, 1.82) is 0 Å². The van der Waals surface area contributed by atoms with Crippen LogP contribution < -0.4 is 45.2 Å². The molecular weight excluding hydrogens is 1790 g/mol. The molecule has 0 aliphatic rings. The summed E-state index contributed by atoms with van der Waals surface area (Å²) in [4.78, 5) is 92.8. The van der Waals surface area contributed by atoms with E-state index >= 15 is 0 Å². The molecule has 4 aromatic carbocycles. The molecule has 11 aromatic heterocycles. The largest absolute Gasteiger partial charge is 0.464 e. The molecule has 0 aliphatic heterocycles. The average Bonchev–Trinajstić information content (AvgIpc) is 1.68. The van der Waals surface area contributed by atoms with Gasteiger partial charge in [-0.3, -0.25) is 70.9 Å². The Bertz CT molecular complexity index is 6600. The number of imidazole rings is 4. The van der Waals surface area contributed by atoms with Gasteiger partial charge in [0, 0.05) is 37.9 Å². The fourth-order valence-corrected chi connectivity index (χ4v) is 16.6. The zero-order valence-corrected chi connectivity index (χ0v) is 74.0. The van der Waals surface area contributed by atoms with Gasteiger partial charge in [0.2, 0.25) is 31.2 Å². The summed E-state index contributed by atoms with van der Waals surface area (Å²) in [6.07, 6.45) is 4.88. The third-order valence-electron chi connectivity index (χ3n) is 18.0. The molecule has 49 heteroatoms. The summed E-state index contributed by atoms with van der Waals surface area (Å²) in [5, 5.41) is 0.541. The van der Waals surface area contributed by atoms with E-state index in [-0.39, 0.29) is 157 Å². The Kier molecular flexibility index (Phi) is 33.3. The molecule has 12 N–H and O–H groups in total. The molecule has 0 saturated carbocycles. The van der Waals surface area contributed by atoms with E-state index in [9.17, 15) is 41.8 Å². The lowest BCUT2D eigenvalue weighted by Gasteiger charge is -2.18. The summed E-state index contributed by atoms with van der Waals surface area (Å²) >= 11 is 6.02. The van der Waals surface area contributed by atoms with Crippen molar-refractivity contribution in [3.05, 3.63) is 285 Å². The fraction of sp³-hybridized carbons (Fsp3) is 0.287. The summed E-state index contributed by atoms with van der Waals surface area (Å²) in [6.45, 7) is 15.7. The number of halogens is 2. The van der Waals surface area contributed by atoms with Crippen LogP contribution in [0, 0.1) is 33.2 Å². The number of benzene rings is 4. The van der Waals surface area contributed by atoms with Gasteiger partial charge in [0.05, 0.1) is 84.7 Å². The number of rotatable bonds is 41. The number of H-pyrrole nitrogens is 4. The summed E-state index contributed by atoms with van der Waals surface area (Å²) in [7, 11) is -14.0. The Morgan fingerprint density at radius 1 is 0.403 bits per heavy atom. The van der Waals surface area contributed by atoms with Gasteiger partial charge in [0.15, 0.2) is 50.3 Å². The van der Waals surface area contributed by atoms with Gasteiger partial charge < -0.3 is 91.5 Å². The number of aromatic nitrogens is 16. The minimum absolute atomic E-state index is 0.00413. The number of aromatic amines is 4. The van der Waals surface area contributed by atoms with Crippen LogP contribution in [0.1, 0.15) is 56.8 Å². The van der Waals surface area contributed by atoms with Crippen molar-refractivity contribution < 1.29 is 86.5 Å². The van der Waals surface area contributed by atoms with Crippen molar-refractivity contribution in [3.63, 3.8) is 0 Å². The number of aryl methyl sites for hydroxylation is 3. The number of nitrogen functional groups attached to an aromatic ring is 4. The van der Waals surface area contributed by atoms with Crippen molar-refractivity contribution in [2.24, 2.45) is 0 Å². The van der Waals surface area contributed by atoms with Crippen LogP contribution in [0.5, 0.6) is 0 Å². The number of nitrogens with zero attached hydrogens (tertiary/aromatic N) is 13. The second kappa shape index (κ2) is 45.0. The quantitative estimate of drug-likeness (QED) is 0.0100. The molecule has 0 saturated heterocycles. The van der Waals surface area contributed by atoms with E-state index in [2.05, 4.69) is 64.7 Å². The number of ether oxygens (including phenoxy) is 4. The van der Waals surface area contributed by atoms with Crippen LogP contribution in [0.3, 0.4) is 0 Å². The molecular formula is C80H89ClFN21O22P4. The van der Waals surface area contributed by atoms with E-state index in [4.69, 9.17) is 105 Å². The maximum absolute atomic E-state index is 13.5. The van der Waals surface area contributed by atoms with Gasteiger partial charge in [0.25, 0.3) is 22.2 Å². The molecule has 680 valence electrons. The third kappa shape index (κ3) is 28.5. The minimum Gasteiger partial charge on any atom is -0.464 e. The molecule has 4 unspecified atom stereocenters. The van der Waals surface area contributed by atoms with Crippen LogP contribution in [0.2, 0.25) is 5.02 Å². The maximum Gasteiger partial charge on any atom is 0.356 e. The number of hydrogen-bond acceptors (Lipinski definition) is 34. The Balaban J connectivity index is 0.000000156. The Hall–Kier alpha value is -12.5. The number of fused-ring (bicyclic) bond motifs is 4. The summed E-state index contributed by atoms with van der Waals surface area (Å²) in [6, 6.07) is 39.6. The molecule has 129 heavy (non-hydrogen) atoms. The van der Waals surface area contributed by atoms with Crippen molar-refractivity contribution in [2.45, 2.75) is 93.2 Å². The monoisotopic (exact) mass is 1870 g/mol. The molecule has 0 radical (unpaired) electrons. The third-order valence-corrected chi connectivity index (χ3v) is 24.2. The highest BCUT2D eigenvalue weighted by Gasteiger charge is 2.30. The predicted molar refractivity (Wildman–Crippen MR) is 471 cm³/mol. The van der Waals surface area contributed by atoms with Gasteiger partial charge in [-0.2, -0.15) is 19.9 Å². The standard InChI is InChI=1S/C21H23ClN5O6P.C21H23FN5O6P.C21H24N5O6P.C17H19N6O4P/c2*1-14-5-6-17(33-14)11-32-34(29,31-10-15-3-2-4-16(22)9-15)13-30-8-7-27-12-24-18-19(27)25-21(23)26-20(18)28;1-15-7-8-17(32-15)12-31-33(28,30-11-16-5-3-2-4-6-16)14-29-10-9-26-13-23-18-19(26)24-21(22)25-20(18)27;1-19-13-5-3-12(4-6-13)9-27-28(2,25)11-26-8-7-23-10-20-14-15(23)21-17(18)22-16(14)24/h2*2-6,9,12H,7-8,10-11,13H2,1H3,(H3,23,25,26,28);2-8,13H,9-12,14H2,1H3,(H3,22,24,25,27);3-6,10H,7-9,11H2,2H3,(H3,18,21,22,24). The van der Waals surface area contributed by atoms with Crippen LogP contribution in [0.15, 0.2) is 197 Å². The fourth-order valence-electron chi connectivity index (χ4n) is 11.7. The van der Waals surface area contributed by atoms with Crippen molar-refractivity contribution >= 4 is 116 Å². The van der Waals surface area contributed by atoms with Gasteiger partial charge in [-0.05, 0) is 104 Å². The number of nitrogens with one attached hydrogen (secondary N) is 4. The molecule has 15 aromatic rings. The smallest absolute Gasteiger partial charge is 0.356 e. The van der Waals surface area contributed by atoms with Crippen LogP contribution >= 0.6 is 41.8 Å². The van der Waals surface area contributed by atoms with E-state index in [1.54, 1.807) is 123 Å². The first-order valence-corrected chi connectivity index (χ1v) is 46.9. The predicted octanol–water partition coefficient (Wildman–Crippen LogP) is 12.8. The first-order chi connectivity index (χ1) is 61.9. The summed E-state index contributed by atoms with van der Waals surface area (Å²) < 4.78 is 150. The van der Waals surface area contributed by atoms with Crippen LogP contribution in [0.4, 0.5) is 33.9 Å². The van der Waals surface area contributed by atoms with Crippen molar-refractivity contribution in [3.8, 4) is 0 Å². The molecule has 11 heterocycles. The highest BCUT2D eigenvalue weighted by molar-refractivity contribution is 7.58. The van der Waals surface area contributed by atoms with Gasteiger partial charge in [-0.1, -0.05) is 90.5 Å². The summed E-state index contributed by atoms with van der Waals surface area (Å²) in [5.41, 5.74) is 26.2. The minimum atomic E-state index is -3.75. The van der Waals surface area contributed by atoms with Gasteiger partial charge >= 0.3 is 22.8 Å². The Labute approximate surface area is 736 Å². The van der Waals surface area contributed by atoms with Gasteiger partial charge in [-0.15, -0.1) is 0 Å². The molecule has 0 amide bonds. The first kappa shape index (κ1) is 95.6. The van der Waals surface area contributed by atoms with Crippen LogP contribution in [0.25, 0.3) is 49.5 Å². The van der Waals surface area contributed by atoms with Gasteiger partial charge in [-0.25, -0.2) is 29.2 Å². The lowest BCUT2D eigenvalue weighted by atomic mass is 10.2. The highest BCUT2D eigenvalue weighted by Crippen LogP contribution is 2.52. The second-order valence-corrected chi connectivity index (χ2v) is 37.2. The van der Waals surface area contributed by atoms with Crippen LogP contribution in [-0.2, 0) is 141 Å². The zero-order valence-electron chi connectivity index (χ0n) is 69.7. The molecule has 0 fully saturated rings. The Morgan fingerprint density at radius 3 is 1.06 bits per heavy atom. The number of anilines is 4. The van der Waals surface area contributed by atoms with Gasteiger partial charge in [0.1, 0.15) is 85.6 Å². The molecule has 0 bridgehead atoms. The zero-order chi connectivity index (χ0) is 91.7. The molecule has 0 spiro atoms. The molecule has 4 atom stereocenters. The number of furan rings is 3. The maximum atomic E-state index is 13.5. The number of hydrogen-bond donors (Lipinski definition) is 8. The van der Waals surface area contributed by atoms with E-state index < -0.39 is 58.2 Å². The van der Waals surface area contributed by atoms with E-state index in [0.29, 0.717) is 80.8 Å². The van der Waals surface area contributed by atoms with E-state index in [0.717, 1.165) is 22.5 Å². The normalized spacial score (nSPS) is 13.3. The van der Waals surface area contributed by atoms with E-state index in [1.807, 2.05) is 37.3 Å². The number of nitrogens with two attached hydrogens (primary N) is 4. The molecule has 43 nitrogen and oxygen atoms in total. The average molecular weight is 1880 g/mol. The lowest BCUT2D eigenvalue weighted by molar-refractivity contribution is 0.114. The Morgan fingerprint density at radius 2 is 0.721 bits per heavy atom. The van der Waals surface area contributed by atoms with Crippen molar-refractivity contribution in [2.75, 3.05) is 81.4 Å². The lowest BCUT2D eigenvalue weighted by Crippen LogP contribution is -2.13. The van der Waals surface area contributed by atoms with E-state index in [1.165, 1.54) is 50.2 Å². The second-order valence-electron chi connectivity index (χ2n) is 28.2. The SMILES string of the molecule is Cc1ccc(COP(=O)(COCCn2cnc3c(=O)[nH]c(N)nc32)OCc2cccc(Cl)c2)o1.Cc1ccc(COP(=O)(COCCn2cnc3c(=O)[nH]c(N)nc32)OCc2cccc(F)c2)o1.Cc1ccc(COP(=O)(COCCn2cnc3c(=O)[nH]c(N)nc32)OCc2ccccc2)o1.[C-]#[N+]c1ccc(COP(C)(=O)COCCn2cnc3c(=O)[nH]c(N)nc32)cc1. The van der Waals surface area contributed by atoms with Crippen LogP contribution in [-0.4, -0.2) is 137 Å². The van der Waals surface area contributed by atoms with Crippen molar-refractivity contribution in [1.82, 2.24) is 78.1 Å². The highest BCUT2D eigenvalue weighted by atomic mass is 35.5. The molecule has 15 rings (SSSR count).